The number of carbonyl (C=O) groups is 2. The normalized spacial score (nSPS) is 11.6. The van der Waals surface area contributed by atoms with Crippen LogP contribution in [-0.2, 0) is 28.3 Å². The van der Waals surface area contributed by atoms with E-state index in [1.54, 1.807) is 11.0 Å². The highest BCUT2D eigenvalue weighted by Crippen LogP contribution is 2.22. The van der Waals surface area contributed by atoms with E-state index in [1.165, 1.54) is 11.8 Å². The first kappa shape index (κ1) is 27.1. The van der Waals surface area contributed by atoms with Crippen LogP contribution in [0.25, 0.3) is 0 Å². The molecule has 4 nitrogen and oxygen atoms in total. The first-order valence-corrected chi connectivity index (χ1v) is 13.6. The number of amides is 2. The Morgan fingerprint density at radius 1 is 0.943 bits per heavy atom. The van der Waals surface area contributed by atoms with E-state index in [4.69, 9.17) is 23.2 Å². The number of nitrogens with one attached hydrogen (secondary N) is 1. The fraction of sp³-hybridized carbons (Fsp3) is 0.286. The Morgan fingerprint density at radius 2 is 1.66 bits per heavy atom. The maximum atomic E-state index is 13.6. The van der Waals surface area contributed by atoms with Crippen LogP contribution in [0.5, 0.6) is 0 Å². The number of hydrogen-bond donors (Lipinski definition) is 1. The summed E-state index contributed by atoms with van der Waals surface area (Å²) in [5.74, 6) is 0.626. The number of nitrogens with zero attached hydrogens (tertiary/aromatic N) is 1. The largest absolute Gasteiger partial charge is 0.354 e. The Bertz CT molecular complexity index is 1110. The zero-order valence-electron chi connectivity index (χ0n) is 19.8. The Hall–Kier alpha value is -2.47. The SMILES string of the molecule is CCCNC(=O)[C@H](Cc1ccccc1)N(Cc1ccccc1Cl)C(=O)CSCc1cccc(Cl)c1. The van der Waals surface area contributed by atoms with Crippen LogP contribution < -0.4 is 5.32 Å². The van der Waals surface area contributed by atoms with Crippen LogP contribution in [0, 0.1) is 0 Å². The molecule has 0 aliphatic carbocycles. The molecule has 0 aliphatic heterocycles. The zero-order valence-corrected chi connectivity index (χ0v) is 22.1. The summed E-state index contributed by atoms with van der Waals surface area (Å²) >= 11 is 14.0. The summed E-state index contributed by atoms with van der Waals surface area (Å²) in [6.45, 7) is 2.82. The lowest BCUT2D eigenvalue weighted by atomic mass is 10.0. The van der Waals surface area contributed by atoms with Gasteiger partial charge in [0.1, 0.15) is 6.04 Å². The molecule has 1 N–H and O–H groups in total. The fourth-order valence-electron chi connectivity index (χ4n) is 3.70. The van der Waals surface area contributed by atoms with Gasteiger partial charge in [-0.05, 0) is 41.3 Å². The van der Waals surface area contributed by atoms with Crippen molar-refractivity contribution in [1.82, 2.24) is 10.2 Å². The number of carbonyl (C=O) groups excluding carboxylic acids is 2. The zero-order chi connectivity index (χ0) is 25.0. The van der Waals surface area contributed by atoms with Crippen LogP contribution in [0.1, 0.15) is 30.0 Å². The summed E-state index contributed by atoms with van der Waals surface area (Å²) in [6.07, 6.45) is 1.24. The van der Waals surface area contributed by atoms with Gasteiger partial charge in [-0.1, -0.05) is 90.8 Å². The van der Waals surface area contributed by atoms with Gasteiger partial charge in [0.05, 0.1) is 5.75 Å². The third-order valence-corrected chi connectivity index (χ3v) is 7.09. The number of rotatable bonds is 12. The van der Waals surface area contributed by atoms with E-state index in [-0.39, 0.29) is 24.1 Å². The van der Waals surface area contributed by atoms with Gasteiger partial charge in [-0.25, -0.2) is 0 Å². The van der Waals surface area contributed by atoms with Gasteiger partial charge in [-0.3, -0.25) is 9.59 Å². The second-order valence-electron chi connectivity index (χ2n) is 8.23. The van der Waals surface area contributed by atoms with Crippen molar-refractivity contribution in [2.75, 3.05) is 12.3 Å². The first-order valence-electron chi connectivity index (χ1n) is 11.6. The quantitative estimate of drug-likeness (QED) is 0.296. The summed E-state index contributed by atoms with van der Waals surface area (Å²) in [5.41, 5.74) is 2.85. The van der Waals surface area contributed by atoms with E-state index in [1.807, 2.05) is 79.7 Å². The van der Waals surface area contributed by atoms with Gasteiger partial charge in [-0.15, -0.1) is 11.8 Å². The van der Waals surface area contributed by atoms with Crippen LogP contribution in [-0.4, -0.2) is 35.1 Å². The van der Waals surface area contributed by atoms with Crippen LogP contribution in [0.3, 0.4) is 0 Å². The van der Waals surface area contributed by atoms with Gasteiger partial charge in [0.15, 0.2) is 0 Å². The third-order valence-electron chi connectivity index (χ3n) is 5.50. The van der Waals surface area contributed by atoms with Crippen LogP contribution >= 0.6 is 35.0 Å². The highest BCUT2D eigenvalue weighted by Gasteiger charge is 2.30. The van der Waals surface area contributed by atoms with Crippen LogP contribution in [0.2, 0.25) is 10.0 Å². The molecule has 7 heteroatoms. The lowest BCUT2D eigenvalue weighted by molar-refractivity contribution is -0.139. The Balaban J connectivity index is 1.84. The molecule has 0 radical (unpaired) electrons. The van der Waals surface area contributed by atoms with E-state index in [0.29, 0.717) is 28.8 Å². The number of halogens is 2. The van der Waals surface area contributed by atoms with Crippen molar-refractivity contribution in [3.63, 3.8) is 0 Å². The Labute approximate surface area is 222 Å². The summed E-state index contributed by atoms with van der Waals surface area (Å²) in [6, 6.07) is 24.2. The standard InChI is InChI=1S/C28H30Cl2N2O2S/c1-2-15-31-28(34)26(17-21-9-4-3-5-10-21)32(18-23-12-6-7-14-25(23)30)27(33)20-35-19-22-11-8-13-24(29)16-22/h3-14,16,26H,2,15,17-20H2,1H3,(H,31,34)/t26-/m0/s1. The predicted octanol–water partition coefficient (Wildman–Crippen LogP) is 6.39. The summed E-state index contributed by atoms with van der Waals surface area (Å²) in [5, 5.41) is 4.23. The van der Waals surface area contributed by atoms with Crippen molar-refractivity contribution in [2.24, 2.45) is 0 Å². The highest BCUT2D eigenvalue weighted by molar-refractivity contribution is 7.99. The molecule has 3 rings (SSSR count). The summed E-state index contributed by atoms with van der Waals surface area (Å²) in [7, 11) is 0. The Kier molecular flexibility index (Phi) is 11.0. The van der Waals surface area contributed by atoms with E-state index < -0.39 is 6.04 Å². The lowest BCUT2D eigenvalue weighted by Crippen LogP contribution is -2.51. The third kappa shape index (κ3) is 8.60. The molecule has 0 heterocycles. The molecule has 1 atom stereocenters. The number of benzene rings is 3. The maximum absolute atomic E-state index is 13.6. The molecule has 3 aromatic carbocycles. The molecule has 35 heavy (non-hydrogen) atoms. The van der Waals surface area contributed by atoms with E-state index in [0.717, 1.165) is 23.1 Å². The number of thioether (sulfide) groups is 1. The van der Waals surface area contributed by atoms with Crippen molar-refractivity contribution >= 4 is 46.8 Å². The monoisotopic (exact) mass is 528 g/mol. The second-order valence-corrected chi connectivity index (χ2v) is 10.1. The van der Waals surface area contributed by atoms with Gasteiger partial charge in [-0.2, -0.15) is 0 Å². The average Bonchev–Trinajstić information content (AvgIpc) is 2.86. The molecular weight excluding hydrogens is 499 g/mol. The molecule has 0 bridgehead atoms. The predicted molar refractivity (Wildman–Crippen MR) is 147 cm³/mol. The minimum atomic E-state index is -0.653. The van der Waals surface area contributed by atoms with Gasteiger partial charge < -0.3 is 10.2 Å². The highest BCUT2D eigenvalue weighted by atomic mass is 35.5. The lowest BCUT2D eigenvalue weighted by Gasteiger charge is -2.31. The van der Waals surface area contributed by atoms with Gasteiger partial charge in [0, 0.05) is 35.3 Å². The molecule has 0 unspecified atom stereocenters. The van der Waals surface area contributed by atoms with E-state index in [9.17, 15) is 9.59 Å². The van der Waals surface area contributed by atoms with Crippen LogP contribution in [0.4, 0.5) is 0 Å². The Morgan fingerprint density at radius 3 is 2.37 bits per heavy atom. The molecule has 184 valence electrons. The van der Waals surface area contributed by atoms with Crippen molar-refractivity contribution < 1.29 is 9.59 Å². The fourth-order valence-corrected chi connectivity index (χ4v) is 4.96. The summed E-state index contributed by atoms with van der Waals surface area (Å²) < 4.78 is 0. The first-order chi connectivity index (χ1) is 17.0. The van der Waals surface area contributed by atoms with Crippen molar-refractivity contribution in [3.8, 4) is 0 Å². The van der Waals surface area contributed by atoms with Gasteiger partial charge in [0.25, 0.3) is 0 Å². The van der Waals surface area contributed by atoms with Crippen LogP contribution in [0.15, 0.2) is 78.9 Å². The molecule has 0 aromatic heterocycles. The molecule has 0 fully saturated rings. The molecular formula is C28H30Cl2N2O2S. The van der Waals surface area contributed by atoms with Gasteiger partial charge in [0.2, 0.25) is 11.8 Å². The summed E-state index contributed by atoms with van der Waals surface area (Å²) in [4.78, 5) is 28.6. The minimum Gasteiger partial charge on any atom is -0.354 e. The average molecular weight is 530 g/mol. The minimum absolute atomic E-state index is 0.107. The molecule has 2 amide bonds. The second kappa shape index (κ2) is 14.2. The molecule has 0 saturated carbocycles. The molecule has 0 spiro atoms. The topological polar surface area (TPSA) is 49.4 Å². The van der Waals surface area contributed by atoms with Crippen molar-refractivity contribution in [1.29, 1.82) is 0 Å². The number of hydrogen-bond acceptors (Lipinski definition) is 3. The van der Waals surface area contributed by atoms with Gasteiger partial charge >= 0.3 is 0 Å². The maximum Gasteiger partial charge on any atom is 0.243 e. The molecule has 0 aliphatic rings. The molecule has 0 saturated heterocycles. The van der Waals surface area contributed by atoms with E-state index in [2.05, 4.69) is 5.32 Å². The smallest absolute Gasteiger partial charge is 0.243 e. The van der Waals surface area contributed by atoms with Crippen molar-refractivity contribution in [2.45, 2.75) is 38.1 Å². The van der Waals surface area contributed by atoms with Crippen molar-refractivity contribution in [3.05, 3.63) is 106 Å². The molecule has 3 aromatic rings. The van der Waals surface area contributed by atoms with E-state index >= 15 is 0 Å².